The summed E-state index contributed by atoms with van der Waals surface area (Å²) in [4.78, 5) is 4.95. The van der Waals surface area contributed by atoms with Crippen LogP contribution in [0.4, 0.5) is 0 Å². The normalized spacial score (nSPS) is 11.7. The van der Waals surface area contributed by atoms with Crippen molar-refractivity contribution in [1.82, 2.24) is 9.55 Å². The molecule has 0 radical (unpaired) electrons. The highest BCUT2D eigenvalue weighted by Gasteiger charge is 2.18. The van der Waals surface area contributed by atoms with Gasteiger partial charge in [-0.2, -0.15) is 0 Å². The van der Waals surface area contributed by atoms with Crippen molar-refractivity contribution in [1.29, 1.82) is 0 Å². The van der Waals surface area contributed by atoms with Gasteiger partial charge in [0, 0.05) is 44.4 Å². The maximum absolute atomic E-state index is 6.80. The number of fused-ring (bicyclic) bond motifs is 7. The molecule has 252 valence electrons. The smallest absolute Gasteiger partial charge is 0.136 e. The zero-order chi connectivity index (χ0) is 35.6. The van der Waals surface area contributed by atoms with Crippen molar-refractivity contribution in [2.45, 2.75) is 0 Å². The van der Waals surface area contributed by atoms with Crippen LogP contribution in [0.5, 0.6) is 0 Å². The minimum absolute atomic E-state index is 0.857. The Morgan fingerprint density at radius 1 is 0.389 bits per heavy atom. The quantitative estimate of drug-likeness (QED) is 0.180. The molecule has 11 rings (SSSR count). The lowest BCUT2D eigenvalue weighted by Crippen LogP contribution is -1.94. The van der Waals surface area contributed by atoms with Crippen LogP contribution in [-0.2, 0) is 0 Å². The molecule has 0 aliphatic rings. The summed E-state index contributed by atoms with van der Waals surface area (Å²) >= 11 is 0. The molecular formula is C51H32N2O. The summed E-state index contributed by atoms with van der Waals surface area (Å²) in [5, 5.41) is 5.79. The Hall–Kier alpha value is -7.23. The maximum Gasteiger partial charge on any atom is 0.136 e. The third-order valence-electron chi connectivity index (χ3n) is 10.8. The van der Waals surface area contributed by atoms with E-state index in [0.717, 1.165) is 71.9 Å². The van der Waals surface area contributed by atoms with Crippen LogP contribution in [0.1, 0.15) is 0 Å². The molecule has 3 heteroatoms. The standard InChI is InChI=1S/C51H32N2O/c1-3-12-33(13-4-1)36-23-25-46-39(26-36)27-40(32-52-46)45-29-38(34-14-5-2-6-15-34)31-50-51(45)44-24-22-37(30-49(44)54-50)35-16-11-17-41(28-35)53-47-20-9-7-18-42(47)43-19-8-10-21-48(43)53/h1-32H. The first kappa shape index (κ1) is 30.4. The molecule has 54 heavy (non-hydrogen) atoms. The van der Waals surface area contributed by atoms with E-state index < -0.39 is 0 Å². The fraction of sp³-hybridized carbons (Fsp3) is 0. The molecule has 0 fully saturated rings. The summed E-state index contributed by atoms with van der Waals surface area (Å²) in [6, 6.07) is 67.0. The Morgan fingerprint density at radius 3 is 1.74 bits per heavy atom. The zero-order valence-corrected chi connectivity index (χ0v) is 29.3. The molecule has 3 nitrogen and oxygen atoms in total. The van der Waals surface area contributed by atoms with Crippen LogP contribution in [0.15, 0.2) is 199 Å². The lowest BCUT2D eigenvalue weighted by Gasteiger charge is -2.11. The van der Waals surface area contributed by atoms with Gasteiger partial charge in [-0.15, -0.1) is 0 Å². The summed E-state index contributed by atoms with van der Waals surface area (Å²) in [5.41, 5.74) is 15.2. The van der Waals surface area contributed by atoms with Gasteiger partial charge in [0.25, 0.3) is 0 Å². The third-order valence-corrected chi connectivity index (χ3v) is 10.8. The van der Waals surface area contributed by atoms with E-state index in [4.69, 9.17) is 9.40 Å². The molecule has 0 spiro atoms. The van der Waals surface area contributed by atoms with E-state index in [1.54, 1.807) is 0 Å². The maximum atomic E-state index is 6.80. The van der Waals surface area contributed by atoms with Gasteiger partial charge in [-0.3, -0.25) is 4.98 Å². The van der Waals surface area contributed by atoms with Crippen LogP contribution in [0, 0.1) is 0 Å². The molecule has 0 aliphatic heterocycles. The van der Waals surface area contributed by atoms with Gasteiger partial charge in [-0.1, -0.05) is 121 Å². The van der Waals surface area contributed by atoms with E-state index in [0.29, 0.717) is 0 Å². The van der Waals surface area contributed by atoms with Gasteiger partial charge < -0.3 is 8.98 Å². The van der Waals surface area contributed by atoms with Gasteiger partial charge in [-0.25, -0.2) is 0 Å². The van der Waals surface area contributed by atoms with Gasteiger partial charge in [0.05, 0.1) is 16.6 Å². The molecule has 11 aromatic rings. The Labute approximate surface area is 312 Å². The molecule has 0 N–H and O–H groups in total. The van der Waals surface area contributed by atoms with E-state index in [1.165, 1.54) is 32.9 Å². The number of furan rings is 1. The Bertz CT molecular complexity index is 3160. The molecule has 3 aromatic heterocycles. The fourth-order valence-electron chi connectivity index (χ4n) is 8.22. The Balaban J connectivity index is 1.07. The number of rotatable bonds is 5. The number of nitrogens with zero attached hydrogens (tertiary/aromatic N) is 2. The van der Waals surface area contributed by atoms with Crippen LogP contribution in [0.2, 0.25) is 0 Å². The highest BCUT2D eigenvalue weighted by Crippen LogP contribution is 2.42. The molecule has 0 amide bonds. The Kier molecular flexibility index (Phi) is 6.86. The number of para-hydroxylation sites is 2. The van der Waals surface area contributed by atoms with Crippen LogP contribution >= 0.6 is 0 Å². The topological polar surface area (TPSA) is 31.0 Å². The summed E-state index contributed by atoms with van der Waals surface area (Å²) in [7, 11) is 0. The van der Waals surface area contributed by atoms with Gasteiger partial charge in [0.1, 0.15) is 11.2 Å². The second-order valence-electron chi connectivity index (χ2n) is 14.0. The third kappa shape index (κ3) is 4.94. The van der Waals surface area contributed by atoms with Crippen molar-refractivity contribution in [2.75, 3.05) is 0 Å². The minimum Gasteiger partial charge on any atom is -0.456 e. The van der Waals surface area contributed by atoms with Gasteiger partial charge >= 0.3 is 0 Å². The largest absolute Gasteiger partial charge is 0.456 e. The average molecular weight is 689 g/mol. The number of hydrogen-bond acceptors (Lipinski definition) is 2. The molecule has 0 aliphatic carbocycles. The van der Waals surface area contributed by atoms with Crippen LogP contribution in [-0.4, -0.2) is 9.55 Å². The predicted octanol–water partition coefficient (Wildman–Crippen LogP) is 13.9. The van der Waals surface area contributed by atoms with Crippen LogP contribution < -0.4 is 0 Å². The highest BCUT2D eigenvalue weighted by molar-refractivity contribution is 6.15. The predicted molar refractivity (Wildman–Crippen MR) is 225 cm³/mol. The number of aromatic nitrogens is 2. The average Bonchev–Trinajstić information content (AvgIpc) is 3.79. The molecule has 0 bridgehead atoms. The van der Waals surface area contributed by atoms with Crippen molar-refractivity contribution in [3.05, 3.63) is 194 Å². The second-order valence-corrected chi connectivity index (χ2v) is 14.0. The molecule has 8 aromatic carbocycles. The highest BCUT2D eigenvalue weighted by atomic mass is 16.3. The lowest BCUT2D eigenvalue weighted by molar-refractivity contribution is 0.669. The van der Waals surface area contributed by atoms with E-state index in [1.807, 2.05) is 6.20 Å². The van der Waals surface area contributed by atoms with E-state index in [2.05, 4.69) is 193 Å². The van der Waals surface area contributed by atoms with Crippen LogP contribution in [0.3, 0.4) is 0 Å². The molecule has 0 atom stereocenters. The first-order valence-corrected chi connectivity index (χ1v) is 18.4. The van der Waals surface area contributed by atoms with E-state index in [9.17, 15) is 0 Å². The number of hydrogen-bond donors (Lipinski definition) is 0. The molecule has 3 heterocycles. The first-order valence-electron chi connectivity index (χ1n) is 18.4. The van der Waals surface area contributed by atoms with Crippen LogP contribution in [0.25, 0.3) is 105 Å². The molecule has 0 unspecified atom stereocenters. The molecular weight excluding hydrogens is 657 g/mol. The van der Waals surface area contributed by atoms with Crippen molar-refractivity contribution < 1.29 is 4.42 Å². The fourth-order valence-corrected chi connectivity index (χ4v) is 8.22. The summed E-state index contributed by atoms with van der Waals surface area (Å²) in [6.45, 7) is 0. The van der Waals surface area contributed by atoms with Crippen molar-refractivity contribution in [3.63, 3.8) is 0 Å². The lowest BCUT2D eigenvalue weighted by atomic mass is 9.94. The van der Waals surface area contributed by atoms with Crippen molar-refractivity contribution >= 4 is 54.6 Å². The Morgan fingerprint density at radius 2 is 0.981 bits per heavy atom. The molecule has 0 saturated carbocycles. The summed E-state index contributed by atoms with van der Waals surface area (Å²) in [6.07, 6.45) is 2.00. The van der Waals surface area contributed by atoms with Gasteiger partial charge in [0.15, 0.2) is 0 Å². The second kappa shape index (κ2) is 12.2. The summed E-state index contributed by atoms with van der Waals surface area (Å²) < 4.78 is 9.16. The van der Waals surface area contributed by atoms with Gasteiger partial charge in [-0.05, 0) is 106 Å². The SMILES string of the molecule is c1ccc(-c2ccc3ncc(-c4cc(-c5ccccc5)cc5oc6cc(-c7cccc(-n8c9ccccc9c9ccccc98)c7)ccc6c45)cc3c2)cc1. The van der Waals surface area contributed by atoms with E-state index >= 15 is 0 Å². The van der Waals surface area contributed by atoms with E-state index in [-0.39, 0.29) is 0 Å². The summed E-state index contributed by atoms with van der Waals surface area (Å²) in [5.74, 6) is 0. The van der Waals surface area contributed by atoms with Crippen molar-refractivity contribution in [2.24, 2.45) is 0 Å². The van der Waals surface area contributed by atoms with Gasteiger partial charge in [0.2, 0.25) is 0 Å². The minimum atomic E-state index is 0.857. The number of pyridine rings is 1. The molecule has 0 saturated heterocycles. The zero-order valence-electron chi connectivity index (χ0n) is 29.3. The monoisotopic (exact) mass is 688 g/mol. The first-order chi connectivity index (χ1) is 26.7. The van der Waals surface area contributed by atoms with Crippen molar-refractivity contribution in [3.8, 4) is 50.2 Å². The number of benzene rings is 8.